The van der Waals surface area contributed by atoms with Crippen LogP contribution >= 0.6 is 54.5 Å². The molecule has 0 heterocycles. The summed E-state index contributed by atoms with van der Waals surface area (Å²) in [6.45, 7) is 0. The molecule has 2 N–H and O–H groups in total. The zero-order chi connectivity index (χ0) is 14.9. The van der Waals surface area contributed by atoms with E-state index < -0.39 is 17.7 Å². The van der Waals surface area contributed by atoms with Gasteiger partial charge in [-0.3, -0.25) is 0 Å². The zero-order valence-corrected chi connectivity index (χ0v) is 15.5. The summed E-state index contributed by atoms with van der Waals surface area (Å²) in [5.74, 6) is -1.17. The van der Waals surface area contributed by atoms with Crippen LogP contribution in [0.2, 0.25) is 0 Å². The lowest BCUT2D eigenvalue weighted by atomic mass is 9.99. The van der Waals surface area contributed by atoms with Gasteiger partial charge in [-0.05, 0) is 80.8 Å². The van der Waals surface area contributed by atoms with Crippen LogP contribution in [0.25, 0.3) is 0 Å². The molecule has 0 saturated heterocycles. The maximum absolute atomic E-state index is 14.0. The van der Waals surface area contributed by atoms with Crippen LogP contribution in [0, 0.1) is 15.2 Å². The molecule has 0 fully saturated rings. The second-order valence-corrected chi connectivity index (χ2v) is 7.23. The largest absolute Gasteiger partial charge is 0.324 e. The highest BCUT2D eigenvalue weighted by atomic mass is 127. The number of hydrogen-bond donors (Lipinski definition) is 1. The summed E-state index contributed by atoms with van der Waals surface area (Å²) in [5.41, 5.74) is 6.97. The van der Waals surface area contributed by atoms with E-state index in [1.807, 2.05) is 18.2 Å². The SMILES string of the molecule is NC(Cc1c(F)ccc(Br)c1F)c1cc(Br)ccc1I. The van der Waals surface area contributed by atoms with Gasteiger partial charge in [0.15, 0.2) is 0 Å². The first-order chi connectivity index (χ1) is 9.40. The molecule has 0 saturated carbocycles. The smallest absolute Gasteiger partial charge is 0.143 e. The van der Waals surface area contributed by atoms with Gasteiger partial charge in [0.25, 0.3) is 0 Å². The first kappa shape index (κ1) is 16.3. The molecule has 106 valence electrons. The molecule has 0 spiro atoms. The Labute approximate surface area is 146 Å². The molecule has 0 aliphatic heterocycles. The molecule has 0 radical (unpaired) electrons. The van der Waals surface area contributed by atoms with Gasteiger partial charge in [-0.2, -0.15) is 0 Å². The van der Waals surface area contributed by atoms with Crippen molar-refractivity contribution < 1.29 is 8.78 Å². The summed E-state index contributed by atoms with van der Waals surface area (Å²) in [6.07, 6.45) is 0.101. The Morgan fingerprint density at radius 3 is 2.55 bits per heavy atom. The molecule has 0 aromatic heterocycles. The minimum Gasteiger partial charge on any atom is -0.324 e. The number of hydrogen-bond acceptors (Lipinski definition) is 1. The zero-order valence-electron chi connectivity index (χ0n) is 10.1. The number of benzene rings is 2. The maximum Gasteiger partial charge on any atom is 0.143 e. The van der Waals surface area contributed by atoms with Crippen molar-refractivity contribution in [1.29, 1.82) is 0 Å². The fraction of sp³-hybridized carbons (Fsp3) is 0.143. The van der Waals surface area contributed by atoms with Crippen LogP contribution in [-0.2, 0) is 6.42 Å². The normalized spacial score (nSPS) is 12.5. The molecule has 0 bridgehead atoms. The average molecular weight is 517 g/mol. The van der Waals surface area contributed by atoms with E-state index in [4.69, 9.17) is 5.73 Å². The van der Waals surface area contributed by atoms with Crippen molar-refractivity contribution >= 4 is 54.5 Å². The molecule has 0 aliphatic carbocycles. The van der Waals surface area contributed by atoms with Crippen molar-refractivity contribution in [3.05, 3.63) is 65.6 Å². The third-order valence-corrected chi connectivity index (χ3v) is 5.01. The lowest BCUT2D eigenvalue weighted by Crippen LogP contribution is -2.16. The predicted octanol–water partition coefficient (Wildman–Crippen LogP) is 5.34. The van der Waals surface area contributed by atoms with Crippen molar-refractivity contribution in [2.45, 2.75) is 12.5 Å². The predicted molar refractivity (Wildman–Crippen MR) is 91.5 cm³/mol. The van der Waals surface area contributed by atoms with E-state index in [2.05, 4.69) is 54.5 Å². The van der Waals surface area contributed by atoms with Gasteiger partial charge in [-0.15, -0.1) is 0 Å². The molecule has 0 amide bonds. The Kier molecular flexibility index (Phi) is 5.56. The van der Waals surface area contributed by atoms with E-state index in [1.165, 1.54) is 12.1 Å². The Bertz CT molecular complexity index is 649. The van der Waals surface area contributed by atoms with Gasteiger partial charge in [0, 0.05) is 19.6 Å². The van der Waals surface area contributed by atoms with E-state index in [0.29, 0.717) is 0 Å². The molecule has 2 aromatic rings. The van der Waals surface area contributed by atoms with Crippen molar-refractivity contribution in [3.8, 4) is 0 Å². The molecule has 6 heteroatoms. The lowest BCUT2D eigenvalue weighted by molar-refractivity contribution is 0.535. The minimum absolute atomic E-state index is 0.00245. The quantitative estimate of drug-likeness (QED) is 0.433. The van der Waals surface area contributed by atoms with Gasteiger partial charge in [0.1, 0.15) is 11.6 Å². The van der Waals surface area contributed by atoms with Crippen LogP contribution in [-0.4, -0.2) is 0 Å². The fourth-order valence-electron chi connectivity index (χ4n) is 1.88. The van der Waals surface area contributed by atoms with Crippen LogP contribution in [0.4, 0.5) is 8.78 Å². The topological polar surface area (TPSA) is 26.0 Å². The van der Waals surface area contributed by atoms with Crippen LogP contribution in [0.5, 0.6) is 0 Å². The molecular weight excluding hydrogens is 507 g/mol. The second-order valence-electron chi connectivity index (χ2n) is 4.30. The van der Waals surface area contributed by atoms with Gasteiger partial charge < -0.3 is 5.73 Å². The molecule has 1 unspecified atom stereocenters. The molecule has 2 aromatic carbocycles. The molecule has 2 rings (SSSR count). The van der Waals surface area contributed by atoms with Crippen LogP contribution in [0.15, 0.2) is 39.3 Å². The standard InChI is InChI=1S/C14H10Br2F2IN/c15-7-1-4-12(19)9(5-7)13(20)6-8-11(17)3-2-10(16)14(8)18/h1-5,13H,6,20H2. The van der Waals surface area contributed by atoms with Crippen LogP contribution in [0.3, 0.4) is 0 Å². The number of rotatable bonds is 3. The molecule has 20 heavy (non-hydrogen) atoms. The number of nitrogens with two attached hydrogens (primary N) is 1. The van der Waals surface area contributed by atoms with Crippen molar-refractivity contribution in [2.75, 3.05) is 0 Å². The minimum atomic E-state index is -0.592. The number of halogens is 5. The monoisotopic (exact) mass is 515 g/mol. The summed E-state index contributed by atoms with van der Waals surface area (Å²) in [7, 11) is 0. The summed E-state index contributed by atoms with van der Waals surface area (Å²) < 4.78 is 29.8. The third-order valence-electron chi connectivity index (χ3n) is 2.92. The fourth-order valence-corrected chi connectivity index (χ4v) is 3.37. The Balaban J connectivity index is 2.35. The van der Waals surface area contributed by atoms with Gasteiger partial charge in [-0.25, -0.2) is 8.78 Å². The Hall–Kier alpha value is -0.0500. The summed E-state index contributed by atoms with van der Waals surface area (Å²) >= 11 is 8.60. The Morgan fingerprint density at radius 2 is 1.85 bits per heavy atom. The van der Waals surface area contributed by atoms with Crippen molar-refractivity contribution in [3.63, 3.8) is 0 Å². The average Bonchev–Trinajstić information content (AvgIpc) is 2.41. The van der Waals surface area contributed by atoms with Gasteiger partial charge in [-0.1, -0.05) is 15.9 Å². The van der Waals surface area contributed by atoms with Crippen LogP contribution < -0.4 is 5.73 Å². The van der Waals surface area contributed by atoms with Crippen molar-refractivity contribution in [1.82, 2.24) is 0 Å². The molecule has 1 nitrogen and oxygen atoms in total. The molecular formula is C14H10Br2F2IN. The lowest BCUT2D eigenvalue weighted by Gasteiger charge is -2.16. The highest BCUT2D eigenvalue weighted by Gasteiger charge is 2.18. The first-order valence-electron chi connectivity index (χ1n) is 5.73. The van der Waals surface area contributed by atoms with Gasteiger partial charge >= 0.3 is 0 Å². The van der Waals surface area contributed by atoms with Crippen LogP contribution in [0.1, 0.15) is 17.2 Å². The summed E-state index contributed by atoms with van der Waals surface area (Å²) in [5, 5.41) is 0. The summed E-state index contributed by atoms with van der Waals surface area (Å²) in [6, 6.07) is 7.80. The van der Waals surface area contributed by atoms with Crippen molar-refractivity contribution in [2.24, 2.45) is 5.73 Å². The highest BCUT2D eigenvalue weighted by molar-refractivity contribution is 14.1. The van der Waals surface area contributed by atoms with E-state index in [1.54, 1.807) is 0 Å². The molecule has 0 aliphatic rings. The van der Waals surface area contributed by atoms with Gasteiger partial charge in [0.05, 0.1) is 4.47 Å². The third kappa shape index (κ3) is 3.58. The van der Waals surface area contributed by atoms with E-state index in [-0.39, 0.29) is 16.5 Å². The summed E-state index contributed by atoms with van der Waals surface area (Å²) in [4.78, 5) is 0. The van der Waals surface area contributed by atoms with E-state index in [9.17, 15) is 8.78 Å². The first-order valence-corrected chi connectivity index (χ1v) is 8.39. The molecule has 1 atom stereocenters. The van der Waals surface area contributed by atoms with Gasteiger partial charge in [0.2, 0.25) is 0 Å². The van der Waals surface area contributed by atoms with E-state index >= 15 is 0 Å². The highest BCUT2D eigenvalue weighted by Crippen LogP contribution is 2.28. The second kappa shape index (κ2) is 6.81. The Morgan fingerprint density at radius 1 is 1.15 bits per heavy atom. The maximum atomic E-state index is 14.0. The van der Waals surface area contributed by atoms with E-state index in [0.717, 1.165) is 13.6 Å².